The summed E-state index contributed by atoms with van der Waals surface area (Å²) in [4.78, 5) is 0. The standard InChI is InChI=1S/C14H10F5NO/c15-9-4-5-12(16)11(7-9)13(20)8-2-1-3-10(6-8)21-14(17,18)19/h1-7,13H,20H2. The van der Waals surface area contributed by atoms with Crippen molar-refractivity contribution < 1.29 is 26.7 Å². The number of nitrogens with two attached hydrogens (primary N) is 1. The third kappa shape index (κ3) is 3.91. The van der Waals surface area contributed by atoms with Crippen LogP contribution in [0, 0.1) is 11.6 Å². The molecule has 1 atom stereocenters. The van der Waals surface area contributed by atoms with Crippen LogP contribution < -0.4 is 10.5 Å². The first-order valence-electron chi connectivity index (χ1n) is 5.82. The monoisotopic (exact) mass is 303 g/mol. The van der Waals surface area contributed by atoms with Gasteiger partial charge in [0.1, 0.15) is 17.4 Å². The molecule has 0 bridgehead atoms. The summed E-state index contributed by atoms with van der Waals surface area (Å²) in [6, 6.07) is 6.42. The number of hydrogen-bond acceptors (Lipinski definition) is 2. The third-order valence-electron chi connectivity index (χ3n) is 2.74. The van der Waals surface area contributed by atoms with Gasteiger partial charge in [-0.3, -0.25) is 0 Å². The van der Waals surface area contributed by atoms with Gasteiger partial charge in [-0.05, 0) is 35.9 Å². The Bertz CT molecular complexity index is 642. The minimum Gasteiger partial charge on any atom is -0.406 e. The van der Waals surface area contributed by atoms with E-state index in [1.54, 1.807) is 0 Å². The van der Waals surface area contributed by atoms with Gasteiger partial charge >= 0.3 is 6.36 Å². The van der Waals surface area contributed by atoms with Crippen molar-refractivity contribution in [3.8, 4) is 5.75 Å². The molecule has 112 valence electrons. The number of alkyl halides is 3. The van der Waals surface area contributed by atoms with Gasteiger partial charge in [-0.15, -0.1) is 13.2 Å². The van der Waals surface area contributed by atoms with Crippen molar-refractivity contribution in [1.29, 1.82) is 0 Å². The van der Waals surface area contributed by atoms with Crippen molar-refractivity contribution in [3.05, 3.63) is 65.2 Å². The van der Waals surface area contributed by atoms with Crippen molar-refractivity contribution in [2.75, 3.05) is 0 Å². The molecule has 0 spiro atoms. The maximum Gasteiger partial charge on any atom is 0.573 e. The van der Waals surface area contributed by atoms with E-state index in [4.69, 9.17) is 5.73 Å². The zero-order valence-corrected chi connectivity index (χ0v) is 10.5. The van der Waals surface area contributed by atoms with Crippen molar-refractivity contribution >= 4 is 0 Å². The van der Waals surface area contributed by atoms with E-state index in [1.165, 1.54) is 12.1 Å². The first-order chi connectivity index (χ1) is 9.76. The van der Waals surface area contributed by atoms with Gasteiger partial charge < -0.3 is 10.5 Å². The Kier molecular flexibility index (Phi) is 4.13. The number of ether oxygens (including phenoxy) is 1. The van der Waals surface area contributed by atoms with Crippen molar-refractivity contribution in [2.24, 2.45) is 5.73 Å². The SMILES string of the molecule is NC(c1cccc(OC(F)(F)F)c1)c1cc(F)ccc1F. The smallest absolute Gasteiger partial charge is 0.406 e. The molecule has 0 fully saturated rings. The number of hydrogen-bond donors (Lipinski definition) is 1. The Hall–Kier alpha value is -2.15. The molecule has 0 amide bonds. The summed E-state index contributed by atoms with van der Waals surface area (Å²) in [7, 11) is 0. The normalized spacial score (nSPS) is 13.0. The molecule has 21 heavy (non-hydrogen) atoms. The van der Waals surface area contributed by atoms with E-state index in [2.05, 4.69) is 4.74 Å². The van der Waals surface area contributed by atoms with Gasteiger partial charge in [-0.25, -0.2) is 8.78 Å². The summed E-state index contributed by atoms with van der Waals surface area (Å²) in [5.41, 5.74) is 5.79. The summed E-state index contributed by atoms with van der Waals surface area (Å²) in [5.74, 6) is -1.91. The second kappa shape index (κ2) is 5.69. The fraction of sp³-hybridized carbons (Fsp3) is 0.143. The molecule has 1 unspecified atom stereocenters. The van der Waals surface area contributed by atoms with Crippen LogP contribution in [0.15, 0.2) is 42.5 Å². The van der Waals surface area contributed by atoms with Gasteiger partial charge in [0.05, 0.1) is 6.04 Å². The molecule has 0 aliphatic rings. The summed E-state index contributed by atoms with van der Waals surface area (Å²) in [5, 5.41) is 0. The Balaban J connectivity index is 2.33. The fourth-order valence-corrected chi connectivity index (χ4v) is 1.84. The van der Waals surface area contributed by atoms with Gasteiger partial charge in [0, 0.05) is 5.56 Å². The number of halogens is 5. The molecule has 0 saturated carbocycles. The second-order valence-electron chi connectivity index (χ2n) is 4.26. The van der Waals surface area contributed by atoms with Crippen LogP contribution in [0.3, 0.4) is 0 Å². The summed E-state index contributed by atoms with van der Waals surface area (Å²) >= 11 is 0. The van der Waals surface area contributed by atoms with Crippen molar-refractivity contribution in [2.45, 2.75) is 12.4 Å². The molecule has 2 N–H and O–H groups in total. The highest BCUT2D eigenvalue weighted by atomic mass is 19.4. The lowest BCUT2D eigenvalue weighted by molar-refractivity contribution is -0.274. The quantitative estimate of drug-likeness (QED) is 0.873. The van der Waals surface area contributed by atoms with Crippen LogP contribution in [0.4, 0.5) is 22.0 Å². The first-order valence-corrected chi connectivity index (χ1v) is 5.82. The van der Waals surface area contributed by atoms with E-state index < -0.39 is 29.8 Å². The highest BCUT2D eigenvalue weighted by Crippen LogP contribution is 2.28. The molecule has 2 aromatic carbocycles. The highest BCUT2D eigenvalue weighted by Gasteiger charge is 2.31. The van der Waals surface area contributed by atoms with E-state index in [0.29, 0.717) is 0 Å². The maximum absolute atomic E-state index is 13.6. The Morgan fingerprint density at radius 3 is 2.38 bits per heavy atom. The highest BCUT2D eigenvalue weighted by molar-refractivity contribution is 5.37. The van der Waals surface area contributed by atoms with Gasteiger partial charge in [0.15, 0.2) is 0 Å². The van der Waals surface area contributed by atoms with Crippen molar-refractivity contribution in [3.63, 3.8) is 0 Å². The van der Waals surface area contributed by atoms with Crippen LogP contribution >= 0.6 is 0 Å². The van der Waals surface area contributed by atoms with Gasteiger partial charge in [0.2, 0.25) is 0 Å². The average molecular weight is 303 g/mol. The summed E-state index contributed by atoms with van der Waals surface area (Å²) in [6.45, 7) is 0. The molecule has 7 heteroatoms. The topological polar surface area (TPSA) is 35.2 Å². The largest absolute Gasteiger partial charge is 0.573 e. The van der Waals surface area contributed by atoms with Gasteiger partial charge in [-0.1, -0.05) is 12.1 Å². The lowest BCUT2D eigenvalue weighted by Gasteiger charge is -2.15. The molecule has 0 aliphatic heterocycles. The predicted molar refractivity (Wildman–Crippen MR) is 65.5 cm³/mol. The average Bonchev–Trinajstić information content (AvgIpc) is 2.39. The number of benzene rings is 2. The van der Waals surface area contributed by atoms with E-state index in [9.17, 15) is 22.0 Å². The first kappa shape index (κ1) is 15.2. The van der Waals surface area contributed by atoms with Crippen LogP contribution in [-0.2, 0) is 0 Å². The predicted octanol–water partition coefficient (Wildman–Crippen LogP) is 3.91. The second-order valence-corrected chi connectivity index (χ2v) is 4.26. The molecule has 0 saturated heterocycles. The van der Waals surface area contributed by atoms with Gasteiger partial charge in [-0.2, -0.15) is 0 Å². The van der Waals surface area contributed by atoms with E-state index in [-0.39, 0.29) is 11.1 Å². The lowest BCUT2D eigenvalue weighted by Crippen LogP contribution is -2.18. The Morgan fingerprint density at radius 1 is 1.00 bits per heavy atom. The Labute approximate surface area is 116 Å². The molecule has 2 aromatic rings. The molecular formula is C14H10F5NO. The molecule has 0 aliphatic carbocycles. The lowest BCUT2D eigenvalue weighted by atomic mass is 9.99. The van der Waals surface area contributed by atoms with E-state index >= 15 is 0 Å². The van der Waals surface area contributed by atoms with Crippen LogP contribution in [0.25, 0.3) is 0 Å². The Morgan fingerprint density at radius 2 is 1.71 bits per heavy atom. The van der Waals surface area contributed by atoms with Gasteiger partial charge in [0.25, 0.3) is 0 Å². The number of rotatable bonds is 3. The van der Waals surface area contributed by atoms with Crippen molar-refractivity contribution in [1.82, 2.24) is 0 Å². The van der Waals surface area contributed by atoms with Crippen LogP contribution in [0.1, 0.15) is 17.2 Å². The van der Waals surface area contributed by atoms with Crippen LogP contribution in [0.2, 0.25) is 0 Å². The third-order valence-corrected chi connectivity index (χ3v) is 2.74. The zero-order valence-electron chi connectivity index (χ0n) is 10.5. The molecular weight excluding hydrogens is 293 g/mol. The maximum atomic E-state index is 13.6. The summed E-state index contributed by atoms with van der Waals surface area (Å²) in [6.07, 6.45) is -4.84. The molecule has 0 aromatic heterocycles. The molecule has 2 rings (SSSR count). The molecule has 2 nitrogen and oxygen atoms in total. The summed E-state index contributed by atoms with van der Waals surface area (Å²) < 4.78 is 67.0. The molecule has 0 radical (unpaired) electrons. The van der Waals surface area contributed by atoms with Crippen LogP contribution in [0.5, 0.6) is 5.75 Å². The minimum absolute atomic E-state index is 0.154. The van der Waals surface area contributed by atoms with Crippen LogP contribution in [-0.4, -0.2) is 6.36 Å². The van der Waals surface area contributed by atoms with E-state index in [1.807, 2.05) is 0 Å². The molecule has 0 heterocycles. The zero-order chi connectivity index (χ0) is 15.6. The fourth-order valence-electron chi connectivity index (χ4n) is 1.84. The van der Waals surface area contributed by atoms with E-state index in [0.717, 1.165) is 30.3 Å². The minimum atomic E-state index is -4.84.